The van der Waals surface area contributed by atoms with Gasteiger partial charge in [-0.2, -0.15) is 0 Å². The zero-order valence-electron chi connectivity index (χ0n) is 7.29. The molecule has 0 aliphatic carbocycles. The van der Waals surface area contributed by atoms with E-state index in [1.807, 2.05) is 0 Å². The Morgan fingerprint density at radius 2 is 1.75 bits per heavy atom. The van der Waals surface area contributed by atoms with Crippen LogP contribution in [-0.4, -0.2) is 23.0 Å². The molecule has 66 valence electrons. The molecular weight excluding hydrogens is 158 g/mol. The fourth-order valence-electron chi connectivity index (χ4n) is 0.595. The van der Waals surface area contributed by atoms with Crippen molar-refractivity contribution in [1.29, 1.82) is 0 Å². The summed E-state index contributed by atoms with van der Waals surface area (Å²) >= 11 is 0. The van der Waals surface area contributed by atoms with Crippen LogP contribution in [0.2, 0.25) is 0 Å². The van der Waals surface area contributed by atoms with Gasteiger partial charge in [0.05, 0.1) is 5.57 Å². The Hall–Kier alpha value is -1.45. The minimum Gasteiger partial charge on any atom is -0.512 e. The van der Waals surface area contributed by atoms with Gasteiger partial charge in [0.25, 0.3) is 0 Å². The van der Waals surface area contributed by atoms with Gasteiger partial charge in [0, 0.05) is 13.1 Å². The summed E-state index contributed by atoms with van der Waals surface area (Å²) in [6.07, 6.45) is 1.07. The van der Waals surface area contributed by atoms with Crippen LogP contribution >= 0.6 is 0 Å². The van der Waals surface area contributed by atoms with Crippen molar-refractivity contribution in [3.8, 4) is 0 Å². The molecule has 0 unspecified atom stereocenters. The van der Waals surface area contributed by atoms with Crippen molar-refractivity contribution in [3.63, 3.8) is 0 Å². The van der Waals surface area contributed by atoms with E-state index in [-0.39, 0.29) is 17.1 Å². The second kappa shape index (κ2) is 4.43. The maximum absolute atomic E-state index is 10.8. The van der Waals surface area contributed by atoms with E-state index in [1.54, 1.807) is 0 Å². The molecule has 0 aliphatic rings. The molecule has 0 atom stereocenters. The molecule has 0 rings (SSSR count). The third kappa shape index (κ3) is 3.65. The second-order valence-corrected chi connectivity index (χ2v) is 2.33. The summed E-state index contributed by atoms with van der Waals surface area (Å²) in [4.78, 5) is 24.5. The molecule has 0 fully saturated rings. The fraction of sp³-hybridized carbons (Fsp3) is 0.375. The van der Waals surface area contributed by atoms with Crippen molar-refractivity contribution in [2.45, 2.75) is 20.8 Å². The van der Waals surface area contributed by atoms with Crippen molar-refractivity contribution >= 4 is 17.9 Å². The van der Waals surface area contributed by atoms with Crippen molar-refractivity contribution < 1.29 is 14.7 Å². The van der Waals surface area contributed by atoms with Gasteiger partial charge in [0.2, 0.25) is 5.91 Å². The number of amides is 1. The lowest BCUT2D eigenvalue weighted by atomic mass is 10.2. The fourth-order valence-corrected chi connectivity index (χ4v) is 0.595. The molecule has 0 radical (unpaired) electrons. The van der Waals surface area contributed by atoms with Gasteiger partial charge in [-0.3, -0.25) is 9.59 Å². The summed E-state index contributed by atoms with van der Waals surface area (Å²) in [6, 6.07) is 0. The van der Waals surface area contributed by atoms with E-state index in [0.29, 0.717) is 0 Å². The zero-order chi connectivity index (χ0) is 9.72. The Labute approximate surface area is 70.6 Å². The lowest BCUT2D eigenvalue weighted by Gasteiger charge is -1.95. The molecule has 4 nitrogen and oxygen atoms in total. The molecule has 0 aliphatic heterocycles. The van der Waals surface area contributed by atoms with Crippen molar-refractivity contribution in [2.24, 2.45) is 4.99 Å². The summed E-state index contributed by atoms with van der Waals surface area (Å²) in [6.45, 7) is 3.92. The number of carbonyl (C=O) groups excluding carboxylic acids is 2. The van der Waals surface area contributed by atoms with Gasteiger partial charge in [-0.15, -0.1) is 0 Å². The number of hydrogen-bond acceptors (Lipinski definition) is 3. The number of carbonyl (C=O) groups is 2. The standard InChI is InChI=1S/C8H11NO3/c1-5(10)8(6(2)11)4-9-7(3)12/h4,10H,1-3H3/b8-5-,9-4?. The number of Topliss-reactive ketones (excluding diaryl/α,β-unsaturated/α-hetero) is 1. The van der Waals surface area contributed by atoms with Crippen LogP contribution in [0.5, 0.6) is 0 Å². The average Bonchev–Trinajstić information content (AvgIpc) is 1.84. The highest BCUT2D eigenvalue weighted by Crippen LogP contribution is 1.99. The predicted molar refractivity (Wildman–Crippen MR) is 45.2 cm³/mol. The minimum absolute atomic E-state index is 0.0604. The normalized spacial score (nSPS) is 12.9. The molecule has 0 aromatic rings. The van der Waals surface area contributed by atoms with E-state index in [4.69, 9.17) is 5.11 Å². The smallest absolute Gasteiger partial charge is 0.242 e. The lowest BCUT2D eigenvalue weighted by Crippen LogP contribution is -2.02. The van der Waals surface area contributed by atoms with Crippen molar-refractivity contribution in [2.75, 3.05) is 0 Å². The van der Waals surface area contributed by atoms with Gasteiger partial charge >= 0.3 is 0 Å². The van der Waals surface area contributed by atoms with Crippen molar-refractivity contribution in [3.05, 3.63) is 11.3 Å². The molecule has 1 N–H and O–H groups in total. The summed E-state index contributed by atoms with van der Waals surface area (Å²) in [5.74, 6) is -0.859. The zero-order valence-corrected chi connectivity index (χ0v) is 7.29. The summed E-state index contributed by atoms with van der Waals surface area (Å²) in [5.41, 5.74) is 0.0604. The van der Waals surface area contributed by atoms with Crippen LogP contribution < -0.4 is 0 Å². The first-order valence-electron chi connectivity index (χ1n) is 3.40. The first-order valence-corrected chi connectivity index (χ1v) is 3.40. The monoisotopic (exact) mass is 169 g/mol. The Balaban J connectivity index is 4.70. The van der Waals surface area contributed by atoms with E-state index in [1.165, 1.54) is 20.8 Å². The molecule has 0 bridgehead atoms. The molecule has 0 aromatic heterocycles. The Morgan fingerprint density at radius 1 is 1.25 bits per heavy atom. The third-order valence-corrected chi connectivity index (χ3v) is 1.14. The van der Waals surface area contributed by atoms with Gasteiger partial charge in [-0.05, 0) is 13.8 Å². The summed E-state index contributed by atoms with van der Waals surface area (Å²) in [5, 5.41) is 8.95. The van der Waals surface area contributed by atoms with E-state index >= 15 is 0 Å². The number of aliphatic hydroxyl groups is 1. The van der Waals surface area contributed by atoms with Crippen LogP contribution in [0.3, 0.4) is 0 Å². The predicted octanol–water partition coefficient (Wildman–Crippen LogP) is 1.02. The van der Waals surface area contributed by atoms with Gasteiger partial charge < -0.3 is 5.11 Å². The summed E-state index contributed by atoms with van der Waals surface area (Å²) in [7, 11) is 0. The minimum atomic E-state index is -0.407. The summed E-state index contributed by atoms with van der Waals surface area (Å²) < 4.78 is 0. The van der Waals surface area contributed by atoms with Crippen LogP contribution in [0.15, 0.2) is 16.3 Å². The Kier molecular flexibility index (Phi) is 3.90. The van der Waals surface area contributed by atoms with E-state index in [0.717, 1.165) is 6.21 Å². The third-order valence-electron chi connectivity index (χ3n) is 1.14. The van der Waals surface area contributed by atoms with Crippen LogP contribution in [0.25, 0.3) is 0 Å². The van der Waals surface area contributed by atoms with Gasteiger partial charge in [0.1, 0.15) is 5.76 Å². The maximum atomic E-state index is 10.8. The number of aliphatic hydroxyl groups excluding tert-OH is 1. The number of ketones is 1. The van der Waals surface area contributed by atoms with Crippen LogP contribution in [-0.2, 0) is 9.59 Å². The quantitative estimate of drug-likeness (QED) is 0.381. The molecule has 0 saturated carbocycles. The first-order chi connectivity index (χ1) is 5.45. The molecule has 4 heteroatoms. The Morgan fingerprint density at radius 3 is 2.00 bits per heavy atom. The maximum Gasteiger partial charge on any atom is 0.242 e. The van der Waals surface area contributed by atoms with E-state index in [2.05, 4.69) is 4.99 Å². The second-order valence-electron chi connectivity index (χ2n) is 2.33. The highest BCUT2D eigenvalue weighted by molar-refractivity contribution is 6.14. The molecular formula is C8H11NO3. The molecule has 0 spiro atoms. The van der Waals surface area contributed by atoms with Gasteiger partial charge in [-0.1, -0.05) is 0 Å². The van der Waals surface area contributed by atoms with Gasteiger partial charge in [0.15, 0.2) is 5.78 Å². The molecule has 1 amide bonds. The topological polar surface area (TPSA) is 66.7 Å². The largest absolute Gasteiger partial charge is 0.512 e. The highest BCUT2D eigenvalue weighted by atomic mass is 16.3. The van der Waals surface area contributed by atoms with E-state index in [9.17, 15) is 9.59 Å². The number of aliphatic imine (C=N–C) groups is 1. The van der Waals surface area contributed by atoms with Gasteiger partial charge in [-0.25, -0.2) is 4.99 Å². The molecule has 12 heavy (non-hydrogen) atoms. The molecule has 0 saturated heterocycles. The van der Waals surface area contributed by atoms with Crippen LogP contribution in [0.1, 0.15) is 20.8 Å². The average molecular weight is 169 g/mol. The van der Waals surface area contributed by atoms with Crippen molar-refractivity contribution in [1.82, 2.24) is 0 Å². The Bertz CT molecular complexity index is 259. The van der Waals surface area contributed by atoms with Crippen LogP contribution in [0, 0.1) is 0 Å². The van der Waals surface area contributed by atoms with Crippen LogP contribution in [0.4, 0.5) is 0 Å². The number of allylic oxidation sites excluding steroid dienone is 2. The number of nitrogens with zero attached hydrogens (tertiary/aromatic N) is 1. The number of rotatable bonds is 2. The highest BCUT2D eigenvalue weighted by Gasteiger charge is 2.04. The van der Waals surface area contributed by atoms with E-state index < -0.39 is 5.91 Å². The molecule has 0 heterocycles. The number of hydrogen-bond donors (Lipinski definition) is 1. The lowest BCUT2D eigenvalue weighted by molar-refractivity contribution is -0.115. The molecule has 0 aromatic carbocycles. The first kappa shape index (κ1) is 10.6. The SMILES string of the molecule is CC(=O)N=C/C(C(C)=O)=C(\C)O.